The molecule has 1 fully saturated rings. The molecule has 1 saturated heterocycles. The summed E-state index contributed by atoms with van der Waals surface area (Å²) in [4.78, 5) is 12.1. The zero-order valence-corrected chi connectivity index (χ0v) is 17.9. The fourth-order valence-corrected chi connectivity index (χ4v) is 5.81. The van der Waals surface area contributed by atoms with E-state index in [1.807, 2.05) is 0 Å². The Morgan fingerprint density at radius 1 is 1.06 bits per heavy atom. The van der Waals surface area contributed by atoms with Crippen LogP contribution in [0.1, 0.15) is 35.2 Å². The van der Waals surface area contributed by atoms with Gasteiger partial charge in [0.15, 0.2) is 0 Å². The fourth-order valence-electron chi connectivity index (χ4n) is 3.43. The minimum absolute atomic E-state index is 0.0240. The van der Waals surface area contributed by atoms with Crippen molar-refractivity contribution in [1.82, 2.24) is 4.31 Å². The summed E-state index contributed by atoms with van der Waals surface area (Å²) in [6, 6.07) is 7.53. The van der Waals surface area contributed by atoms with Crippen LogP contribution in [-0.4, -0.2) is 40.1 Å². The van der Waals surface area contributed by atoms with Gasteiger partial charge in [0.2, 0.25) is 10.0 Å². The van der Waals surface area contributed by atoms with Crippen LogP contribution < -0.4 is 9.50 Å². The van der Waals surface area contributed by atoms with Gasteiger partial charge >= 0.3 is 10.1 Å². The fraction of sp³-hybridized carbons (Fsp3) is 0.250. The van der Waals surface area contributed by atoms with Gasteiger partial charge in [0.05, 0.1) is 5.41 Å². The number of hydrogen-bond donors (Lipinski definition) is 1. The maximum atomic E-state index is 14.4. The van der Waals surface area contributed by atoms with Crippen LogP contribution in [0.5, 0.6) is 5.75 Å². The second-order valence-electron chi connectivity index (χ2n) is 7.20. The molecule has 8 nitrogen and oxygen atoms in total. The smallest absolute Gasteiger partial charge is 0.332 e. The molecule has 2 aromatic carbocycles. The molecular weight excluding hydrogens is 447 g/mol. The Hall–Kier alpha value is -2.76. The van der Waals surface area contributed by atoms with Crippen LogP contribution in [0.3, 0.4) is 0 Å². The summed E-state index contributed by atoms with van der Waals surface area (Å²) in [5.74, 6) is -1.43. The lowest BCUT2D eigenvalue weighted by molar-refractivity contribution is 0.102. The van der Waals surface area contributed by atoms with Crippen LogP contribution in [0.2, 0.25) is 0 Å². The van der Waals surface area contributed by atoms with Crippen LogP contribution in [0.4, 0.5) is 10.1 Å². The third-order valence-electron chi connectivity index (χ3n) is 5.01. The van der Waals surface area contributed by atoms with Crippen LogP contribution in [0.25, 0.3) is 6.08 Å². The molecule has 0 aromatic heterocycles. The molecule has 0 aliphatic carbocycles. The van der Waals surface area contributed by atoms with Gasteiger partial charge in [-0.15, -0.1) is 0 Å². The largest absolute Gasteiger partial charge is 0.379 e. The number of halogens is 1. The van der Waals surface area contributed by atoms with E-state index < -0.39 is 36.8 Å². The lowest BCUT2D eigenvalue weighted by Crippen LogP contribution is -2.36. The molecule has 164 valence electrons. The minimum Gasteiger partial charge on any atom is -0.379 e. The summed E-state index contributed by atoms with van der Waals surface area (Å²) in [5, 5.41) is 3.50. The van der Waals surface area contributed by atoms with Crippen molar-refractivity contribution in [3.63, 3.8) is 0 Å². The number of piperidine rings is 1. The normalized spacial score (nSPS) is 18.1. The zero-order valence-electron chi connectivity index (χ0n) is 16.2. The number of sulfonamides is 1. The highest BCUT2D eigenvalue weighted by atomic mass is 32.2. The second kappa shape index (κ2) is 8.06. The minimum atomic E-state index is -4.05. The number of carbonyl (C=O) groups excluding carboxylic acids is 1. The van der Waals surface area contributed by atoms with Crippen LogP contribution in [0, 0.1) is 5.82 Å². The Bertz CT molecular complexity index is 1280. The number of amides is 1. The summed E-state index contributed by atoms with van der Waals surface area (Å²) in [6.07, 6.45) is 3.67. The lowest BCUT2D eigenvalue weighted by Gasteiger charge is -2.26. The summed E-state index contributed by atoms with van der Waals surface area (Å²) in [5.41, 5.74) is 0.755. The molecule has 1 N–H and O–H groups in total. The van der Waals surface area contributed by atoms with Crippen LogP contribution in [-0.2, 0) is 20.1 Å². The highest BCUT2D eigenvalue weighted by molar-refractivity contribution is 7.90. The number of benzene rings is 2. The molecule has 2 aromatic rings. The van der Waals surface area contributed by atoms with E-state index in [9.17, 15) is 26.0 Å². The standard InChI is InChI=1S/C20H19FN2O6S2/c21-17-6-4-15(13-19(17)31(27,28)23-9-2-1-3-10-23)20(24)22-16-5-7-18-14(12-16)8-11-30(25,26)29-18/h4-8,11-13H,1-3,9-10H2,(H,22,24). The molecule has 2 aliphatic heterocycles. The molecular formula is C20H19FN2O6S2. The van der Waals surface area contributed by atoms with E-state index in [4.69, 9.17) is 4.18 Å². The molecule has 0 unspecified atom stereocenters. The molecule has 2 heterocycles. The Labute approximate surface area is 179 Å². The van der Waals surface area contributed by atoms with Gasteiger partial charge in [-0.2, -0.15) is 12.7 Å². The Morgan fingerprint density at radius 2 is 1.81 bits per heavy atom. The first-order valence-corrected chi connectivity index (χ1v) is 12.4. The van der Waals surface area contributed by atoms with E-state index in [2.05, 4.69) is 5.32 Å². The van der Waals surface area contributed by atoms with Gasteiger partial charge in [-0.3, -0.25) is 4.79 Å². The van der Waals surface area contributed by atoms with Crippen molar-refractivity contribution in [1.29, 1.82) is 0 Å². The van der Waals surface area contributed by atoms with E-state index in [-0.39, 0.29) is 11.3 Å². The molecule has 31 heavy (non-hydrogen) atoms. The van der Waals surface area contributed by atoms with E-state index >= 15 is 0 Å². The van der Waals surface area contributed by atoms with E-state index in [1.165, 1.54) is 34.6 Å². The van der Waals surface area contributed by atoms with Crippen molar-refractivity contribution >= 4 is 37.8 Å². The lowest BCUT2D eigenvalue weighted by atomic mass is 10.1. The van der Waals surface area contributed by atoms with Gasteiger partial charge in [0, 0.05) is 29.9 Å². The highest BCUT2D eigenvalue weighted by Crippen LogP contribution is 2.30. The maximum Gasteiger partial charge on any atom is 0.332 e. The number of carbonyl (C=O) groups is 1. The van der Waals surface area contributed by atoms with Crippen molar-refractivity contribution in [3.8, 4) is 5.75 Å². The van der Waals surface area contributed by atoms with E-state index in [0.29, 0.717) is 37.2 Å². The van der Waals surface area contributed by atoms with Gasteiger partial charge in [0.25, 0.3) is 5.91 Å². The van der Waals surface area contributed by atoms with Crippen LogP contribution in [0.15, 0.2) is 46.7 Å². The summed E-state index contributed by atoms with van der Waals surface area (Å²) < 4.78 is 69.0. The predicted octanol–water partition coefficient (Wildman–Crippen LogP) is 2.95. The first kappa shape index (κ1) is 21.5. The quantitative estimate of drug-likeness (QED) is 0.694. The van der Waals surface area contributed by atoms with Crippen molar-refractivity contribution < 1.29 is 30.2 Å². The molecule has 0 atom stereocenters. The molecule has 4 rings (SSSR count). The van der Waals surface area contributed by atoms with Crippen molar-refractivity contribution in [2.75, 3.05) is 18.4 Å². The van der Waals surface area contributed by atoms with Gasteiger partial charge in [-0.05, 0) is 55.3 Å². The van der Waals surface area contributed by atoms with E-state index in [1.54, 1.807) is 0 Å². The summed E-state index contributed by atoms with van der Waals surface area (Å²) >= 11 is 0. The highest BCUT2D eigenvalue weighted by Gasteiger charge is 2.29. The molecule has 0 radical (unpaired) electrons. The Balaban J connectivity index is 1.58. The van der Waals surface area contributed by atoms with Crippen molar-refractivity contribution in [2.45, 2.75) is 24.2 Å². The average molecular weight is 467 g/mol. The number of nitrogens with zero attached hydrogens (tertiary/aromatic N) is 1. The number of hydrogen-bond acceptors (Lipinski definition) is 6. The maximum absolute atomic E-state index is 14.4. The zero-order chi connectivity index (χ0) is 22.2. The summed E-state index contributed by atoms with van der Waals surface area (Å²) in [6.45, 7) is 0.636. The number of anilines is 1. The van der Waals surface area contributed by atoms with Crippen molar-refractivity contribution in [2.24, 2.45) is 0 Å². The molecule has 0 saturated carbocycles. The topological polar surface area (TPSA) is 110 Å². The number of rotatable bonds is 4. The SMILES string of the molecule is O=C(Nc1ccc2c(c1)C=CS(=O)(=O)O2)c1ccc(F)c(S(=O)(=O)N2CCCCC2)c1. The predicted molar refractivity (Wildman–Crippen MR) is 112 cm³/mol. The molecule has 2 aliphatic rings. The van der Waals surface area contributed by atoms with Crippen LogP contribution >= 0.6 is 0 Å². The van der Waals surface area contributed by atoms with Gasteiger partial charge in [-0.1, -0.05) is 6.42 Å². The molecule has 11 heteroatoms. The average Bonchev–Trinajstić information content (AvgIpc) is 2.74. The third-order valence-corrected chi connectivity index (χ3v) is 7.81. The Morgan fingerprint density at radius 3 is 2.55 bits per heavy atom. The first-order valence-electron chi connectivity index (χ1n) is 9.53. The van der Waals surface area contributed by atoms with Gasteiger partial charge in [0.1, 0.15) is 16.5 Å². The summed E-state index contributed by atoms with van der Waals surface area (Å²) in [7, 11) is -7.82. The number of fused-ring (bicyclic) bond motifs is 1. The monoisotopic (exact) mass is 466 g/mol. The second-order valence-corrected chi connectivity index (χ2v) is 10.5. The first-order chi connectivity index (χ1) is 14.7. The van der Waals surface area contributed by atoms with Gasteiger partial charge in [-0.25, -0.2) is 12.8 Å². The van der Waals surface area contributed by atoms with Crippen molar-refractivity contribution in [3.05, 3.63) is 58.8 Å². The van der Waals surface area contributed by atoms with Gasteiger partial charge < -0.3 is 9.50 Å². The molecule has 1 amide bonds. The third kappa shape index (κ3) is 4.48. The molecule has 0 spiro atoms. The van der Waals surface area contributed by atoms with E-state index in [0.717, 1.165) is 24.0 Å². The number of nitrogens with one attached hydrogen (secondary N) is 1. The molecule has 0 bridgehead atoms. The Kier molecular flexibility index (Phi) is 5.58.